The molecule has 0 aromatic carbocycles. The summed E-state index contributed by atoms with van der Waals surface area (Å²) in [6, 6.07) is 2.53. The third kappa shape index (κ3) is 3.56. The van der Waals surface area contributed by atoms with Crippen LogP contribution >= 0.6 is 0 Å². The molecule has 0 radical (unpaired) electrons. The summed E-state index contributed by atoms with van der Waals surface area (Å²) in [7, 11) is 0. The lowest BCUT2D eigenvalue weighted by Crippen LogP contribution is -2.40. The Labute approximate surface area is 139 Å². The fourth-order valence-corrected chi connectivity index (χ4v) is 2.58. The van der Waals surface area contributed by atoms with Gasteiger partial charge in [-0.05, 0) is 39.7 Å². The van der Waals surface area contributed by atoms with Gasteiger partial charge in [-0.2, -0.15) is 0 Å². The molecule has 0 aliphatic carbocycles. The molecule has 128 valence electrons. The van der Waals surface area contributed by atoms with Crippen LogP contribution in [0.3, 0.4) is 0 Å². The number of hydrogen-bond donors (Lipinski definition) is 2. The van der Waals surface area contributed by atoms with E-state index in [2.05, 4.69) is 17.1 Å². The van der Waals surface area contributed by atoms with Crippen LogP contribution in [0.2, 0.25) is 0 Å². The highest BCUT2D eigenvalue weighted by molar-refractivity contribution is 5.98. The van der Waals surface area contributed by atoms with Gasteiger partial charge in [-0.3, -0.25) is 9.36 Å². The molecule has 2 aromatic heterocycles. The first-order valence-electron chi connectivity index (χ1n) is 7.62. The van der Waals surface area contributed by atoms with E-state index in [-0.39, 0.29) is 0 Å². The average molecular weight is 331 g/mol. The first-order chi connectivity index (χ1) is 11.3. The zero-order valence-electron chi connectivity index (χ0n) is 14.0. The Balaban J connectivity index is 2.27. The van der Waals surface area contributed by atoms with Gasteiger partial charge in [0.2, 0.25) is 0 Å². The number of carboxylic acids is 1. The van der Waals surface area contributed by atoms with Crippen LogP contribution in [0.25, 0.3) is 5.82 Å². The van der Waals surface area contributed by atoms with E-state index in [4.69, 9.17) is 4.52 Å². The molecule has 7 heteroatoms. The van der Waals surface area contributed by atoms with Crippen LogP contribution in [0, 0.1) is 20.8 Å². The van der Waals surface area contributed by atoms with E-state index < -0.39 is 17.9 Å². The van der Waals surface area contributed by atoms with E-state index in [0.717, 1.165) is 5.69 Å². The molecule has 0 aliphatic heterocycles. The van der Waals surface area contributed by atoms with Crippen LogP contribution in [0.15, 0.2) is 29.3 Å². The van der Waals surface area contributed by atoms with Gasteiger partial charge in [-0.15, -0.1) is 6.58 Å². The van der Waals surface area contributed by atoms with E-state index >= 15 is 0 Å². The van der Waals surface area contributed by atoms with Gasteiger partial charge in [0.05, 0.1) is 5.56 Å². The number of nitrogens with one attached hydrogen (secondary N) is 1. The van der Waals surface area contributed by atoms with Crippen LogP contribution in [0.5, 0.6) is 0 Å². The number of carbonyl (C=O) groups excluding carboxylic acids is 1. The minimum atomic E-state index is -1.06. The number of aliphatic carboxylic acids is 1. The molecule has 1 atom stereocenters. The van der Waals surface area contributed by atoms with Crippen molar-refractivity contribution in [2.75, 3.05) is 0 Å². The number of aromatic nitrogens is 2. The van der Waals surface area contributed by atoms with Gasteiger partial charge in [-0.1, -0.05) is 11.2 Å². The molecule has 0 bridgehead atoms. The fraction of sp³-hybridized carbons (Fsp3) is 0.353. The number of hydrogen-bond acceptors (Lipinski definition) is 4. The molecule has 2 heterocycles. The fourth-order valence-electron chi connectivity index (χ4n) is 2.58. The van der Waals surface area contributed by atoms with Gasteiger partial charge in [0.1, 0.15) is 11.8 Å². The summed E-state index contributed by atoms with van der Waals surface area (Å²) in [5, 5.41) is 15.8. The highest BCUT2D eigenvalue weighted by Crippen LogP contribution is 2.21. The van der Waals surface area contributed by atoms with Crippen LogP contribution < -0.4 is 5.32 Å². The number of carboxylic acid groups (broad SMARTS) is 1. The summed E-state index contributed by atoms with van der Waals surface area (Å²) < 4.78 is 6.88. The number of carbonyl (C=O) groups is 2. The number of nitrogens with zero attached hydrogens (tertiary/aromatic N) is 2. The quantitative estimate of drug-likeness (QED) is 0.760. The zero-order chi connectivity index (χ0) is 17.9. The molecule has 0 aliphatic rings. The second kappa shape index (κ2) is 7.16. The van der Waals surface area contributed by atoms with E-state index in [9.17, 15) is 14.7 Å². The average Bonchev–Trinajstić information content (AvgIpc) is 3.06. The molecule has 24 heavy (non-hydrogen) atoms. The van der Waals surface area contributed by atoms with Gasteiger partial charge in [0.25, 0.3) is 5.91 Å². The molecule has 0 saturated heterocycles. The molecule has 0 spiro atoms. The molecular weight excluding hydrogens is 310 g/mol. The Morgan fingerprint density at radius 2 is 2.12 bits per heavy atom. The Morgan fingerprint density at radius 3 is 2.67 bits per heavy atom. The second-order valence-electron chi connectivity index (χ2n) is 5.65. The largest absolute Gasteiger partial charge is 0.480 e. The number of amides is 1. The van der Waals surface area contributed by atoms with E-state index in [0.29, 0.717) is 35.7 Å². The van der Waals surface area contributed by atoms with Crippen molar-refractivity contribution >= 4 is 11.9 Å². The molecule has 7 nitrogen and oxygen atoms in total. The van der Waals surface area contributed by atoms with Crippen molar-refractivity contribution in [1.82, 2.24) is 15.0 Å². The van der Waals surface area contributed by atoms with Crippen molar-refractivity contribution in [2.45, 2.75) is 39.7 Å². The lowest BCUT2D eigenvalue weighted by atomic mass is 10.1. The van der Waals surface area contributed by atoms with Crippen LogP contribution in [-0.4, -0.2) is 32.7 Å². The van der Waals surface area contributed by atoms with Crippen LogP contribution in [-0.2, 0) is 4.79 Å². The summed E-state index contributed by atoms with van der Waals surface area (Å²) in [6.45, 7) is 8.99. The van der Waals surface area contributed by atoms with E-state index in [1.54, 1.807) is 36.6 Å². The van der Waals surface area contributed by atoms with Crippen molar-refractivity contribution in [1.29, 1.82) is 0 Å². The minimum absolute atomic E-state index is 0.297. The van der Waals surface area contributed by atoms with E-state index in [1.165, 1.54) is 0 Å². The molecule has 2 N–H and O–H groups in total. The Morgan fingerprint density at radius 1 is 1.42 bits per heavy atom. The van der Waals surface area contributed by atoms with Gasteiger partial charge in [0, 0.05) is 17.5 Å². The first kappa shape index (κ1) is 17.5. The van der Waals surface area contributed by atoms with Gasteiger partial charge < -0.3 is 14.9 Å². The molecule has 0 saturated carbocycles. The van der Waals surface area contributed by atoms with Crippen molar-refractivity contribution in [3.05, 3.63) is 47.5 Å². The number of rotatable bonds is 7. The predicted molar refractivity (Wildman–Crippen MR) is 88.4 cm³/mol. The summed E-state index contributed by atoms with van der Waals surface area (Å²) >= 11 is 0. The Bertz CT molecular complexity index is 773. The lowest BCUT2D eigenvalue weighted by molar-refractivity contribution is -0.139. The second-order valence-corrected chi connectivity index (χ2v) is 5.65. The van der Waals surface area contributed by atoms with Crippen molar-refractivity contribution < 1.29 is 19.2 Å². The Hall–Kier alpha value is -2.83. The van der Waals surface area contributed by atoms with Gasteiger partial charge >= 0.3 is 5.97 Å². The molecular formula is C17H21N3O4. The maximum atomic E-state index is 12.5. The first-order valence-corrected chi connectivity index (χ1v) is 7.62. The van der Waals surface area contributed by atoms with Crippen molar-refractivity contribution in [3.63, 3.8) is 0 Å². The molecule has 1 unspecified atom stereocenters. The molecule has 2 aromatic rings. The highest BCUT2D eigenvalue weighted by atomic mass is 16.5. The van der Waals surface area contributed by atoms with Crippen molar-refractivity contribution in [2.24, 2.45) is 0 Å². The van der Waals surface area contributed by atoms with Gasteiger partial charge in [-0.25, -0.2) is 4.79 Å². The molecule has 2 rings (SSSR count). The maximum Gasteiger partial charge on any atom is 0.326 e. The highest BCUT2D eigenvalue weighted by Gasteiger charge is 2.23. The third-order valence-electron chi connectivity index (χ3n) is 3.78. The SMILES string of the molecule is C=CCCC(NC(=O)c1cc(C)n(-c2cc(C)on2)c1C)C(=O)O. The number of aryl methyl sites for hydroxylation is 2. The number of allylic oxidation sites excluding steroid dienone is 1. The minimum Gasteiger partial charge on any atom is -0.480 e. The topological polar surface area (TPSA) is 97.4 Å². The summed E-state index contributed by atoms with van der Waals surface area (Å²) in [4.78, 5) is 23.8. The molecule has 1 amide bonds. The zero-order valence-corrected chi connectivity index (χ0v) is 14.0. The predicted octanol–water partition coefficient (Wildman–Crippen LogP) is 2.54. The Kier molecular flexibility index (Phi) is 5.23. The smallest absolute Gasteiger partial charge is 0.326 e. The lowest BCUT2D eigenvalue weighted by Gasteiger charge is -2.13. The summed E-state index contributed by atoms with van der Waals surface area (Å²) in [5.74, 6) is -0.237. The standard InChI is InChI=1S/C17H21N3O4/c1-5-6-7-14(17(22)23)18-16(21)13-8-10(2)20(12(13)4)15-9-11(3)24-19-15/h5,8-9,14H,1,6-7H2,2-4H3,(H,18,21)(H,22,23). The van der Waals surface area contributed by atoms with Crippen LogP contribution in [0.1, 0.15) is 40.3 Å². The maximum absolute atomic E-state index is 12.5. The monoisotopic (exact) mass is 331 g/mol. The summed E-state index contributed by atoms with van der Waals surface area (Å²) in [5.41, 5.74) is 1.90. The van der Waals surface area contributed by atoms with Crippen molar-refractivity contribution in [3.8, 4) is 5.82 Å². The van der Waals surface area contributed by atoms with Gasteiger partial charge in [0.15, 0.2) is 5.82 Å². The normalized spacial score (nSPS) is 12.0. The summed E-state index contributed by atoms with van der Waals surface area (Å²) in [6.07, 6.45) is 2.43. The van der Waals surface area contributed by atoms with Crippen LogP contribution in [0.4, 0.5) is 0 Å². The third-order valence-corrected chi connectivity index (χ3v) is 3.78. The van der Waals surface area contributed by atoms with E-state index in [1.807, 2.05) is 6.92 Å². The molecule has 0 fully saturated rings.